The van der Waals surface area contributed by atoms with Crippen molar-refractivity contribution in [3.63, 3.8) is 0 Å². The molecule has 1 aliphatic rings. The van der Waals surface area contributed by atoms with Gasteiger partial charge in [-0.15, -0.1) is 0 Å². The molecule has 0 radical (unpaired) electrons. The maximum Gasteiger partial charge on any atom is 0.0708 e. The zero-order chi connectivity index (χ0) is 13.9. The van der Waals surface area contributed by atoms with E-state index in [-0.39, 0.29) is 6.10 Å². The number of nitrogens with one attached hydrogen (secondary N) is 1. The van der Waals surface area contributed by atoms with Crippen LogP contribution in [0.3, 0.4) is 0 Å². The van der Waals surface area contributed by atoms with Crippen LogP contribution >= 0.6 is 0 Å². The van der Waals surface area contributed by atoms with Gasteiger partial charge in [0, 0.05) is 23.7 Å². The number of aromatic nitrogens is 1. The Kier molecular flexibility index (Phi) is 3.99. The predicted octanol–water partition coefficient (Wildman–Crippen LogP) is 2.94. The van der Waals surface area contributed by atoms with Crippen LogP contribution in [0.4, 0.5) is 0 Å². The van der Waals surface area contributed by atoms with Gasteiger partial charge in [0.2, 0.25) is 0 Å². The molecule has 0 spiro atoms. The topological polar surface area (TPSA) is 45.1 Å². The lowest BCUT2D eigenvalue weighted by Crippen LogP contribution is -2.34. The summed E-state index contributed by atoms with van der Waals surface area (Å²) >= 11 is 0. The van der Waals surface area contributed by atoms with Crippen LogP contribution < -0.4 is 5.32 Å². The Morgan fingerprint density at radius 1 is 1.20 bits per heavy atom. The van der Waals surface area contributed by atoms with E-state index in [1.54, 1.807) is 0 Å². The number of nitrogens with zero attached hydrogens (tertiary/aromatic N) is 1. The van der Waals surface area contributed by atoms with E-state index in [1.807, 2.05) is 13.0 Å². The molecular formula is C17H22N2O. The minimum atomic E-state index is -0.0861. The molecule has 1 aliphatic carbocycles. The number of fused-ring (bicyclic) bond motifs is 1. The quantitative estimate of drug-likeness (QED) is 0.901. The number of hydrogen-bond donors (Lipinski definition) is 2. The van der Waals surface area contributed by atoms with E-state index in [1.165, 1.54) is 10.9 Å². The van der Waals surface area contributed by atoms with E-state index in [4.69, 9.17) is 0 Å². The first-order chi connectivity index (χ1) is 9.72. The minimum absolute atomic E-state index is 0.0861. The molecule has 0 atom stereocenters. The summed E-state index contributed by atoms with van der Waals surface area (Å²) in [5.74, 6) is 0. The molecule has 1 saturated carbocycles. The third-order valence-electron chi connectivity index (χ3n) is 4.21. The fraction of sp³-hybridized carbons (Fsp3) is 0.471. The van der Waals surface area contributed by atoms with Crippen molar-refractivity contribution in [3.8, 4) is 0 Å². The largest absolute Gasteiger partial charge is 0.393 e. The summed E-state index contributed by atoms with van der Waals surface area (Å²) in [6.45, 7) is 2.93. The predicted molar refractivity (Wildman–Crippen MR) is 81.6 cm³/mol. The zero-order valence-electron chi connectivity index (χ0n) is 12.0. The zero-order valence-corrected chi connectivity index (χ0v) is 12.0. The van der Waals surface area contributed by atoms with Crippen molar-refractivity contribution in [2.45, 2.75) is 51.3 Å². The third-order valence-corrected chi connectivity index (χ3v) is 4.21. The molecular weight excluding hydrogens is 248 g/mol. The van der Waals surface area contributed by atoms with Gasteiger partial charge in [0.25, 0.3) is 0 Å². The summed E-state index contributed by atoms with van der Waals surface area (Å²) in [5, 5.41) is 14.4. The Labute approximate surface area is 120 Å². The molecule has 2 aromatic rings. The van der Waals surface area contributed by atoms with E-state index >= 15 is 0 Å². The number of aliphatic hydroxyl groups excluding tert-OH is 1. The molecule has 1 aromatic carbocycles. The highest BCUT2D eigenvalue weighted by Gasteiger charge is 2.18. The molecule has 20 heavy (non-hydrogen) atoms. The van der Waals surface area contributed by atoms with E-state index in [2.05, 4.69) is 34.6 Å². The first-order valence-corrected chi connectivity index (χ1v) is 7.49. The maximum atomic E-state index is 9.55. The van der Waals surface area contributed by atoms with Crippen molar-refractivity contribution in [1.29, 1.82) is 0 Å². The Bertz CT molecular complexity index is 589. The summed E-state index contributed by atoms with van der Waals surface area (Å²) in [7, 11) is 0. The lowest BCUT2D eigenvalue weighted by atomic mass is 9.93. The summed E-state index contributed by atoms with van der Waals surface area (Å²) < 4.78 is 0. The first kappa shape index (κ1) is 13.5. The Balaban J connectivity index is 1.74. The number of aliphatic hydroxyl groups is 1. The smallest absolute Gasteiger partial charge is 0.0708 e. The highest BCUT2D eigenvalue weighted by molar-refractivity contribution is 5.82. The normalized spacial score (nSPS) is 23.1. The summed E-state index contributed by atoms with van der Waals surface area (Å²) in [4.78, 5) is 4.58. The van der Waals surface area contributed by atoms with Crippen molar-refractivity contribution in [2.24, 2.45) is 0 Å². The van der Waals surface area contributed by atoms with Crippen LogP contribution in [0.25, 0.3) is 10.9 Å². The van der Waals surface area contributed by atoms with Crippen LogP contribution in [0.5, 0.6) is 0 Å². The molecule has 0 aliphatic heterocycles. The fourth-order valence-corrected chi connectivity index (χ4v) is 3.08. The SMILES string of the molecule is Cc1cc(CNC2CCC(O)CC2)c2ccccc2n1. The van der Waals surface area contributed by atoms with Crippen LogP contribution in [-0.2, 0) is 6.54 Å². The van der Waals surface area contributed by atoms with Crippen LogP contribution in [0, 0.1) is 6.92 Å². The number of benzene rings is 1. The molecule has 3 heteroatoms. The van der Waals surface area contributed by atoms with Crippen molar-refractivity contribution in [3.05, 3.63) is 41.6 Å². The summed E-state index contributed by atoms with van der Waals surface area (Å²) in [6, 6.07) is 11.0. The highest BCUT2D eigenvalue weighted by Crippen LogP contribution is 2.21. The molecule has 1 fully saturated rings. The molecule has 0 unspecified atom stereocenters. The molecule has 3 rings (SSSR count). The number of rotatable bonds is 3. The average molecular weight is 270 g/mol. The maximum absolute atomic E-state index is 9.55. The summed E-state index contributed by atoms with van der Waals surface area (Å²) in [6.07, 6.45) is 3.91. The van der Waals surface area contributed by atoms with Crippen molar-refractivity contribution in [2.75, 3.05) is 0 Å². The second kappa shape index (κ2) is 5.90. The van der Waals surface area contributed by atoms with Crippen LogP contribution in [0.15, 0.2) is 30.3 Å². The van der Waals surface area contributed by atoms with Crippen molar-refractivity contribution >= 4 is 10.9 Å². The van der Waals surface area contributed by atoms with Gasteiger partial charge < -0.3 is 10.4 Å². The van der Waals surface area contributed by atoms with E-state index in [0.29, 0.717) is 6.04 Å². The Morgan fingerprint density at radius 2 is 1.95 bits per heavy atom. The molecule has 0 amide bonds. The Hall–Kier alpha value is -1.45. The monoisotopic (exact) mass is 270 g/mol. The van der Waals surface area contributed by atoms with Gasteiger partial charge >= 0.3 is 0 Å². The fourth-order valence-electron chi connectivity index (χ4n) is 3.08. The van der Waals surface area contributed by atoms with Crippen molar-refractivity contribution < 1.29 is 5.11 Å². The van der Waals surface area contributed by atoms with Gasteiger partial charge in [0.05, 0.1) is 11.6 Å². The minimum Gasteiger partial charge on any atom is -0.393 e. The van der Waals surface area contributed by atoms with Crippen LogP contribution in [0.1, 0.15) is 36.9 Å². The number of hydrogen-bond acceptors (Lipinski definition) is 3. The van der Waals surface area contributed by atoms with Gasteiger partial charge in [-0.05, 0) is 50.3 Å². The number of pyridine rings is 1. The number of aryl methyl sites for hydroxylation is 1. The van der Waals surface area contributed by atoms with Gasteiger partial charge in [-0.25, -0.2) is 0 Å². The standard InChI is InChI=1S/C17H22N2O/c1-12-10-13(16-4-2-3-5-17(16)19-12)11-18-14-6-8-15(20)9-7-14/h2-5,10,14-15,18,20H,6-9,11H2,1H3. The summed E-state index contributed by atoms with van der Waals surface area (Å²) in [5.41, 5.74) is 3.46. The first-order valence-electron chi connectivity index (χ1n) is 7.49. The van der Waals surface area contributed by atoms with E-state index in [9.17, 15) is 5.11 Å². The van der Waals surface area contributed by atoms with E-state index in [0.717, 1.165) is 43.4 Å². The number of para-hydroxylation sites is 1. The van der Waals surface area contributed by atoms with E-state index < -0.39 is 0 Å². The molecule has 0 saturated heterocycles. The second-order valence-electron chi connectivity index (χ2n) is 5.83. The van der Waals surface area contributed by atoms with Crippen LogP contribution in [0.2, 0.25) is 0 Å². The average Bonchev–Trinajstić information content (AvgIpc) is 2.46. The lowest BCUT2D eigenvalue weighted by Gasteiger charge is -2.26. The Morgan fingerprint density at radius 3 is 2.75 bits per heavy atom. The molecule has 1 aromatic heterocycles. The van der Waals surface area contributed by atoms with Gasteiger partial charge in [-0.3, -0.25) is 4.98 Å². The lowest BCUT2D eigenvalue weighted by molar-refractivity contribution is 0.116. The molecule has 106 valence electrons. The van der Waals surface area contributed by atoms with Crippen LogP contribution in [-0.4, -0.2) is 22.2 Å². The highest BCUT2D eigenvalue weighted by atomic mass is 16.3. The molecule has 1 heterocycles. The van der Waals surface area contributed by atoms with Crippen molar-refractivity contribution in [1.82, 2.24) is 10.3 Å². The third kappa shape index (κ3) is 3.00. The van der Waals surface area contributed by atoms with Gasteiger partial charge in [-0.2, -0.15) is 0 Å². The molecule has 0 bridgehead atoms. The van der Waals surface area contributed by atoms with Gasteiger partial charge in [0.15, 0.2) is 0 Å². The van der Waals surface area contributed by atoms with Gasteiger partial charge in [0.1, 0.15) is 0 Å². The second-order valence-corrected chi connectivity index (χ2v) is 5.83. The van der Waals surface area contributed by atoms with Gasteiger partial charge in [-0.1, -0.05) is 18.2 Å². The molecule has 2 N–H and O–H groups in total. The molecule has 3 nitrogen and oxygen atoms in total.